The van der Waals surface area contributed by atoms with Crippen LogP contribution in [0.25, 0.3) is 0 Å². The Bertz CT molecular complexity index is 408. The van der Waals surface area contributed by atoms with Gasteiger partial charge in [0, 0.05) is 18.4 Å². The van der Waals surface area contributed by atoms with Crippen molar-refractivity contribution in [3.63, 3.8) is 0 Å². The molecule has 7 heteroatoms. The second kappa shape index (κ2) is 8.66. The van der Waals surface area contributed by atoms with Gasteiger partial charge in [0.25, 0.3) is 0 Å². The molecule has 18 heavy (non-hydrogen) atoms. The molecule has 0 aliphatic heterocycles. The third-order valence-electron chi connectivity index (χ3n) is 2.33. The normalized spacial score (nSPS) is 11.6. The molecule has 0 amide bonds. The third-order valence-corrected chi connectivity index (χ3v) is 2.70. The van der Waals surface area contributed by atoms with Gasteiger partial charge in [0.2, 0.25) is 0 Å². The summed E-state index contributed by atoms with van der Waals surface area (Å²) in [5, 5.41) is 30.2. The van der Waals surface area contributed by atoms with E-state index in [0.717, 1.165) is 0 Å². The average Bonchev–Trinajstić information content (AvgIpc) is 2.26. The zero-order valence-electron chi connectivity index (χ0n) is 11.1. The van der Waals surface area contributed by atoms with Gasteiger partial charge in [-0.3, -0.25) is 4.79 Å². The van der Waals surface area contributed by atoms with E-state index in [2.05, 4.69) is 17.9 Å². The standard InChI is InChI=1S/C11H15NO4S.Na.H/c13-8-2-1-7(10(14)5-8)3-4-12-9(6-17)11(15)16;;/h1-2,5,9,12-14,17H,3-4,6H2,(H,15,16);;/q;+1;-1/t9-;;/m0../s1. The van der Waals surface area contributed by atoms with Gasteiger partial charge in [-0.2, -0.15) is 12.6 Å². The monoisotopic (exact) mass is 281 g/mol. The summed E-state index contributed by atoms with van der Waals surface area (Å²) >= 11 is 3.92. The molecule has 0 aliphatic rings. The van der Waals surface area contributed by atoms with Gasteiger partial charge in [0.05, 0.1) is 0 Å². The van der Waals surface area contributed by atoms with Crippen molar-refractivity contribution in [1.29, 1.82) is 0 Å². The average molecular weight is 281 g/mol. The Morgan fingerprint density at radius 3 is 2.61 bits per heavy atom. The Morgan fingerprint density at radius 2 is 2.11 bits per heavy atom. The molecule has 0 unspecified atom stereocenters. The number of aromatic hydroxyl groups is 2. The number of nitrogens with one attached hydrogen (secondary N) is 1. The van der Waals surface area contributed by atoms with Crippen LogP contribution in [0, 0.1) is 0 Å². The van der Waals surface area contributed by atoms with Gasteiger partial charge >= 0.3 is 35.5 Å². The topological polar surface area (TPSA) is 89.8 Å². The number of hydrogen-bond donors (Lipinski definition) is 5. The number of carboxylic acids is 1. The Hall–Kier alpha value is -0.400. The van der Waals surface area contributed by atoms with Crippen LogP contribution in [0.1, 0.15) is 6.99 Å². The van der Waals surface area contributed by atoms with E-state index < -0.39 is 12.0 Å². The number of rotatable bonds is 6. The number of carbonyl (C=O) groups is 1. The van der Waals surface area contributed by atoms with Gasteiger partial charge in [-0.05, 0) is 18.1 Å². The van der Waals surface area contributed by atoms with Crippen LogP contribution in [0.5, 0.6) is 11.5 Å². The Kier molecular flexibility index (Phi) is 8.47. The summed E-state index contributed by atoms with van der Waals surface area (Å²) in [5.74, 6) is -0.742. The number of thiol groups is 1. The summed E-state index contributed by atoms with van der Waals surface area (Å²) in [7, 11) is 0. The number of hydrogen-bond acceptors (Lipinski definition) is 5. The van der Waals surface area contributed by atoms with E-state index in [1.807, 2.05) is 0 Å². The molecule has 5 nitrogen and oxygen atoms in total. The Labute approximate surface area is 134 Å². The molecular formula is C11H16NNaO4S. The van der Waals surface area contributed by atoms with E-state index in [4.69, 9.17) is 10.2 Å². The van der Waals surface area contributed by atoms with Crippen LogP contribution in [-0.4, -0.2) is 39.6 Å². The van der Waals surface area contributed by atoms with Crippen molar-refractivity contribution in [1.82, 2.24) is 5.32 Å². The van der Waals surface area contributed by atoms with Gasteiger partial charge in [0.15, 0.2) is 0 Å². The van der Waals surface area contributed by atoms with Crippen LogP contribution in [0.15, 0.2) is 18.2 Å². The zero-order chi connectivity index (χ0) is 12.8. The van der Waals surface area contributed by atoms with Crippen LogP contribution in [0.3, 0.4) is 0 Å². The van der Waals surface area contributed by atoms with E-state index in [1.54, 1.807) is 6.07 Å². The molecule has 1 aromatic rings. The second-order valence-corrected chi connectivity index (χ2v) is 3.96. The van der Waals surface area contributed by atoms with Crippen LogP contribution < -0.4 is 34.9 Å². The fraction of sp³-hybridized carbons (Fsp3) is 0.364. The molecule has 1 aromatic carbocycles. The van der Waals surface area contributed by atoms with Gasteiger partial charge in [-0.25, -0.2) is 0 Å². The molecule has 1 atom stereocenters. The summed E-state index contributed by atoms with van der Waals surface area (Å²) in [6, 6.07) is 3.63. The van der Waals surface area contributed by atoms with E-state index in [9.17, 15) is 9.90 Å². The number of phenols is 2. The van der Waals surface area contributed by atoms with E-state index >= 15 is 0 Å². The first-order valence-corrected chi connectivity index (χ1v) is 5.75. The fourth-order valence-corrected chi connectivity index (χ4v) is 1.66. The molecule has 0 saturated carbocycles. The molecule has 0 bridgehead atoms. The molecule has 1 rings (SSSR count). The number of carboxylic acid groups (broad SMARTS) is 1. The summed E-state index contributed by atoms with van der Waals surface area (Å²) in [6.07, 6.45) is 0.476. The van der Waals surface area contributed by atoms with Crippen molar-refractivity contribution in [2.75, 3.05) is 12.3 Å². The van der Waals surface area contributed by atoms with Crippen molar-refractivity contribution in [2.24, 2.45) is 0 Å². The first-order chi connectivity index (χ1) is 8.04. The quantitative estimate of drug-likeness (QED) is 0.300. The molecule has 0 fully saturated rings. The molecule has 0 aliphatic carbocycles. The van der Waals surface area contributed by atoms with Gasteiger partial charge < -0.3 is 22.1 Å². The summed E-state index contributed by atoms with van der Waals surface area (Å²) in [4.78, 5) is 10.7. The summed E-state index contributed by atoms with van der Waals surface area (Å²) < 4.78 is 0. The maximum Gasteiger partial charge on any atom is 1.00 e. The first-order valence-electron chi connectivity index (χ1n) is 5.12. The van der Waals surface area contributed by atoms with Gasteiger partial charge in [-0.1, -0.05) is 6.07 Å². The molecule has 0 aromatic heterocycles. The van der Waals surface area contributed by atoms with Crippen molar-refractivity contribution in [3.8, 4) is 11.5 Å². The van der Waals surface area contributed by atoms with E-state index in [0.29, 0.717) is 18.5 Å². The van der Waals surface area contributed by atoms with Crippen LogP contribution >= 0.6 is 12.6 Å². The minimum absolute atomic E-state index is 0. The predicted molar refractivity (Wildman–Crippen MR) is 67.9 cm³/mol. The van der Waals surface area contributed by atoms with Gasteiger partial charge in [-0.15, -0.1) is 0 Å². The van der Waals surface area contributed by atoms with Crippen molar-refractivity contribution in [2.45, 2.75) is 12.5 Å². The summed E-state index contributed by atoms with van der Waals surface area (Å²) in [5.41, 5.74) is 0.651. The Morgan fingerprint density at radius 1 is 1.44 bits per heavy atom. The maximum atomic E-state index is 10.7. The zero-order valence-corrected chi connectivity index (χ0v) is 13.0. The predicted octanol–water partition coefficient (Wildman–Crippen LogP) is -2.27. The fourth-order valence-electron chi connectivity index (χ4n) is 1.37. The number of phenolic OH excluding ortho intramolecular Hbond substituents is 2. The first kappa shape index (κ1) is 17.6. The summed E-state index contributed by atoms with van der Waals surface area (Å²) in [6.45, 7) is 0.413. The van der Waals surface area contributed by atoms with Crippen molar-refractivity contribution < 1.29 is 51.1 Å². The number of benzene rings is 1. The van der Waals surface area contributed by atoms with Crippen molar-refractivity contribution >= 4 is 18.6 Å². The second-order valence-electron chi connectivity index (χ2n) is 3.59. The number of aliphatic carboxylic acids is 1. The molecule has 0 radical (unpaired) electrons. The molecule has 4 N–H and O–H groups in total. The molecule has 0 saturated heterocycles. The Balaban J connectivity index is 0. The molecule has 0 heterocycles. The smallest absolute Gasteiger partial charge is 1.00 e. The molecular weight excluding hydrogens is 265 g/mol. The maximum absolute atomic E-state index is 10.7. The van der Waals surface area contributed by atoms with Crippen molar-refractivity contribution in [3.05, 3.63) is 23.8 Å². The van der Waals surface area contributed by atoms with E-state index in [1.165, 1.54) is 12.1 Å². The minimum Gasteiger partial charge on any atom is -1.00 e. The minimum atomic E-state index is -0.949. The van der Waals surface area contributed by atoms with Gasteiger partial charge in [0.1, 0.15) is 17.5 Å². The third kappa shape index (κ3) is 5.49. The molecule has 0 spiro atoms. The SMILES string of the molecule is O=C(O)[C@H](CS)NCCc1ccc(O)cc1O.[H-].[Na+]. The van der Waals surface area contributed by atoms with Crippen LogP contribution in [-0.2, 0) is 11.2 Å². The van der Waals surface area contributed by atoms with Crippen LogP contribution in [0.4, 0.5) is 0 Å². The van der Waals surface area contributed by atoms with Crippen LogP contribution in [0.2, 0.25) is 0 Å². The molecule has 96 valence electrons. The largest absolute Gasteiger partial charge is 1.00 e. The van der Waals surface area contributed by atoms with E-state index in [-0.39, 0.29) is 48.2 Å².